The molecule has 0 aromatic heterocycles. The van der Waals surface area contributed by atoms with E-state index in [1.165, 1.54) is 19.2 Å². The van der Waals surface area contributed by atoms with Crippen LogP contribution in [0.1, 0.15) is 34.6 Å². The third kappa shape index (κ3) is 4.58. The molecule has 1 aromatic rings. The molecule has 0 aliphatic heterocycles. The third-order valence-corrected chi connectivity index (χ3v) is 3.38. The predicted molar refractivity (Wildman–Crippen MR) is 86.9 cm³/mol. The van der Waals surface area contributed by atoms with Gasteiger partial charge in [0, 0.05) is 12.1 Å². The Kier molecular flexibility index (Phi) is 6.36. The summed E-state index contributed by atoms with van der Waals surface area (Å²) in [6.45, 7) is 9.26. The number of nitrogens with zero attached hydrogens (tertiary/aromatic N) is 2. The summed E-state index contributed by atoms with van der Waals surface area (Å²) < 4.78 is 10.5. The van der Waals surface area contributed by atoms with E-state index in [1.807, 2.05) is 27.7 Å². The van der Waals surface area contributed by atoms with Crippen molar-refractivity contribution >= 4 is 11.6 Å². The SMILES string of the molecule is COc1ccc(O[C@@H](C)C(=O)N(C(C)C)C(C)C)c([N+](=O)[O-])c1. The molecule has 23 heavy (non-hydrogen) atoms. The standard InChI is InChI=1S/C16H24N2O5/c1-10(2)17(11(3)4)16(19)12(5)23-15-8-7-13(22-6)9-14(15)18(20)21/h7-12H,1-6H3/t12-/m0/s1. The Hall–Kier alpha value is -2.31. The van der Waals surface area contributed by atoms with Gasteiger partial charge in [-0.05, 0) is 46.8 Å². The summed E-state index contributed by atoms with van der Waals surface area (Å²) in [4.78, 5) is 24.8. The van der Waals surface area contributed by atoms with E-state index >= 15 is 0 Å². The van der Waals surface area contributed by atoms with Crippen LogP contribution < -0.4 is 9.47 Å². The van der Waals surface area contributed by atoms with Gasteiger partial charge in [0.05, 0.1) is 18.1 Å². The molecule has 0 unspecified atom stereocenters. The summed E-state index contributed by atoms with van der Waals surface area (Å²) in [6, 6.07) is 4.30. The van der Waals surface area contributed by atoms with E-state index in [1.54, 1.807) is 17.9 Å². The minimum atomic E-state index is -0.827. The molecule has 0 radical (unpaired) electrons. The minimum Gasteiger partial charge on any atom is -0.496 e. The zero-order chi connectivity index (χ0) is 17.7. The Morgan fingerprint density at radius 1 is 1.17 bits per heavy atom. The van der Waals surface area contributed by atoms with Crippen molar-refractivity contribution in [3.63, 3.8) is 0 Å². The quantitative estimate of drug-likeness (QED) is 0.569. The van der Waals surface area contributed by atoms with E-state index in [0.29, 0.717) is 5.75 Å². The summed E-state index contributed by atoms with van der Waals surface area (Å²) in [6.07, 6.45) is -0.827. The topological polar surface area (TPSA) is 81.9 Å². The third-order valence-electron chi connectivity index (χ3n) is 3.38. The molecule has 0 saturated heterocycles. The van der Waals surface area contributed by atoms with Crippen molar-refractivity contribution in [1.82, 2.24) is 4.90 Å². The number of hydrogen-bond donors (Lipinski definition) is 0. The van der Waals surface area contributed by atoms with Crippen molar-refractivity contribution in [3.8, 4) is 11.5 Å². The number of carbonyl (C=O) groups excluding carboxylic acids is 1. The van der Waals surface area contributed by atoms with Crippen LogP contribution in [0.2, 0.25) is 0 Å². The maximum Gasteiger partial charge on any atom is 0.314 e. The largest absolute Gasteiger partial charge is 0.496 e. The zero-order valence-corrected chi connectivity index (χ0v) is 14.4. The second-order valence-electron chi connectivity index (χ2n) is 5.78. The number of rotatable bonds is 7. The number of hydrogen-bond acceptors (Lipinski definition) is 5. The Bertz CT molecular complexity index is 564. The molecule has 0 saturated carbocycles. The summed E-state index contributed by atoms with van der Waals surface area (Å²) in [5, 5.41) is 11.2. The molecular formula is C16H24N2O5. The summed E-state index contributed by atoms with van der Waals surface area (Å²) >= 11 is 0. The first-order chi connectivity index (χ1) is 10.7. The fourth-order valence-electron chi connectivity index (χ4n) is 2.42. The van der Waals surface area contributed by atoms with E-state index in [-0.39, 0.29) is 29.4 Å². The molecule has 1 amide bonds. The van der Waals surface area contributed by atoms with Gasteiger partial charge in [0.15, 0.2) is 11.9 Å². The lowest BCUT2D eigenvalue weighted by atomic mass is 10.2. The second-order valence-corrected chi connectivity index (χ2v) is 5.78. The van der Waals surface area contributed by atoms with Crippen molar-refractivity contribution in [2.45, 2.75) is 52.8 Å². The van der Waals surface area contributed by atoms with Crippen LogP contribution in [-0.2, 0) is 4.79 Å². The van der Waals surface area contributed by atoms with Crippen LogP contribution >= 0.6 is 0 Å². The molecule has 1 aromatic carbocycles. The first kappa shape index (κ1) is 18.7. The van der Waals surface area contributed by atoms with Crippen LogP contribution in [0.25, 0.3) is 0 Å². The average molecular weight is 324 g/mol. The minimum absolute atomic E-state index is 0.0133. The van der Waals surface area contributed by atoms with Gasteiger partial charge in [-0.2, -0.15) is 0 Å². The maximum absolute atomic E-state index is 12.5. The second kappa shape index (κ2) is 7.80. The average Bonchev–Trinajstić information content (AvgIpc) is 2.46. The number of nitro groups is 1. The van der Waals surface area contributed by atoms with Crippen LogP contribution in [0, 0.1) is 10.1 Å². The molecule has 1 atom stereocenters. The summed E-state index contributed by atoms with van der Waals surface area (Å²) in [7, 11) is 1.43. The molecule has 1 rings (SSSR count). The predicted octanol–water partition coefficient (Wildman–Crippen LogP) is 3.02. The highest BCUT2D eigenvalue weighted by molar-refractivity contribution is 5.81. The Morgan fingerprint density at radius 3 is 2.17 bits per heavy atom. The van der Waals surface area contributed by atoms with E-state index < -0.39 is 11.0 Å². The van der Waals surface area contributed by atoms with E-state index in [2.05, 4.69) is 0 Å². The van der Waals surface area contributed by atoms with Gasteiger partial charge in [-0.3, -0.25) is 14.9 Å². The fourth-order valence-corrected chi connectivity index (χ4v) is 2.42. The van der Waals surface area contributed by atoms with E-state index in [0.717, 1.165) is 0 Å². The van der Waals surface area contributed by atoms with Gasteiger partial charge < -0.3 is 14.4 Å². The van der Waals surface area contributed by atoms with Crippen molar-refractivity contribution in [3.05, 3.63) is 28.3 Å². The maximum atomic E-state index is 12.5. The summed E-state index contributed by atoms with van der Waals surface area (Å²) in [5.41, 5.74) is -0.232. The highest BCUT2D eigenvalue weighted by Gasteiger charge is 2.28. The zero-order valence-electron chi connectivity index (χ0n) is 14.4. The van der Waals surface area contributed by atoms with Crippen molar-refractivity contribution in [2.75, 3.05) is 7.11 Å². The number of methoxy groups -OCH3 is 1. The number of carbonyl (C=O) groups is 1. The highest BCUT2D eigenvalue weighted by atomic mass is 16.6. The van der Waals surface area contributed by atoms with E-state index in [4.69, 9.17) is 9.47 Å². The number of amides is 1. The van der Waals surface area contributed by atoms with Crippen molar-refractivity contribution < 1.29 is 19.2 Å². The summed E-state index contributed by atoms with van der Waals surface area (Å²) in [5.74, 6) is 0.193. The number of benzene rings is 1. The lowest BCUT2D eigenvalue weighted by Crippen LogP contribution is -2.48. The molecule has 0 fully saturated rings. The van der Waals surface area contributed by atoms with Crippen LogP contribution in [0.5, 0.6) is 11.5 Å². The van der Waals surface area contributed by atoms with Gasteiger partial charge in [0.2, 0.25) is 0 Å². The molecule has 0 N–H and O–H groups in total. The fraction of sp³-hybridized carbons (Fsp3) is 0.562. The molecule has 0 bridgehead atoms. The van der Waals surface area contributed by atoms with Gasteiger partial charge >= 0.3 is 5.69 Å². The molecule has 0 aliphatic rings. The van der Waals surface area contributed by atoms with Gasteiger partial charge in [-0.25, -0.2) is 0 Å². The normalized spacial score (nSPS) is 12.2. The smallest absolute Gasteiger partial charge is 0.314 e. The molecule has 7 nitrogen and oxygen atoms in total. The Balaban J connectivity index is 3.02. The molecule has 128 valence electrons. The lowest BCUT2D eigenvalue weighted by molar-refractivity contribution is -0.386. The first-order valence-electron chi connectivity index (χ1n) is 7.50. The van der Waals surface area contributed by atoms with Crippen molar-refractivity contribution in [2.24, 2.45) is 0 Å². The first-order valence-corrected chi connectivity index (χ1v) is 7.50. The van der Waals surface area contributed by atoms with Gasteiger partial charge in [0.25, 0.3) is 5.91 Å². The molecule has 0 aliphatic carbocycles. The van der Waals surface area contributed by atoms with E-state index in [9.17, 15) is 14.9 Å². The van der Waals surface area contributed by atoms with Crippen LogP contribution in [0.15, 0.2) is 18.2 Å². The Labute approximate surface area is 136 Å². The molecule has 0 heterocycles. The van der Waals surface area contributed by atoms with Gasteiger partial charge in [0.1, 0.15) is 5.75 Å². The number of ether oxygens (including phenoxy) is 2. The van der Waals surface area contributed by atoms with Gasteiger partial charge in [-0.15, -0.1) is 0 Å². The highest BCUT2D eigenvalue weighted by Crippen LogP contribution is 2.32. The molecular weight excluding hydrogens is 300 g/mol. The molecule has 0 spiro atoms. The number of nitro benzene ring substituents is 1. The van der Waals surface area contributed by atoms with Crippen LogP contribution in [0.4, 0.5) is 5.69 Å². The molecule has 7 heteroatoms. The van der Waals surface area contributed by atoms with Crippen LogP contribution in [0.3, 0.4) is 0 Å². The monoisotopic (exact) mass is 324 g/mol. The van der Waals surface area contributed by atoms with Crippen LogP contribution in [-0.4, -0.2) is 41.0 Å². The Morgan fingerprint density at radius 2 is 1.74 bits per heavy atom. The van der Waals surface area contributed by atoms with Gasteiger partial charge in [-0.1, -0.05) is 0 Å². The van der Waals surface area contributed by atoms with Crippen molar-refractivity contribution in [1.29, 1.82) is 0 Å². The lowest BCUT2D eigenvalue weighted by Gasteiger charge is -2.32.